The maximum Gasteiger partial charge on any atom is 0.0542 e. The average Bonchev–Trinajstić information content (AvgIpc) is 2.25. The molecule has 1 N–H and O–H groups in total. The van der Waals surface area contributed by atoms with Crippen LogP contribution in [0, 0.1) is 3.57 Å². The van der Waals surface area contributed by atoms with Gasteiger partial charge >= 0.3 is 0 Å². The minimum absolute atomic E-state index is 0.864. The van der Waals surface area contributed by atoms with Crippen LogP contribution in [0.3, 0.4) is 0 Å². The highest BCUT2D eigenvalue weighted by Crippen LogP contribution is 2.20. The van der Waals surface area contributed by atoms with Crippen LogP contribution >= 0.6 is 34.2 Å². The molecule has 0 atom stereocenters. The van der Waals surface area contributed by atoms with E-state index in [-0.39, 0.29) is 0 Å². The second-order valence-corrected chi connectivity index (χ2v) is 5.34. The first-order valence-electron chi connectivity index (χ1n) is 5.13. The number of piperazine rings is 1. The number of benzene rings is 1. The summed E-state index contributed by atoms with van der Waals surface area (Å²) in [5.41, 5.74) is 1.31. The van der Waals surface area contributed by atoms with Gasteiger partial charge in [-0.15, -0.1) is 0 Å². The maximum absolute atomic E-state index is 6.09. The summed E-state index contributed by atoms with van der Waals surface area (Å²) in [6.07, 6.45) is 0. The van der Waals surface area contributed by atoms with Gasteiger partial charge in [0.25, 0.3) is 0 Å². The van der Waals surface area contributed by atoms with Crippen LogP contribution in [-0.2, 0) is 6.54 Å². The van der Waals surface area contributed by atoms with E-state index < -0.39 is 0 Å². The second kappa shape index (κ2) is 5.48. The third kappa shape index (κ3) is 3.31. The molecule has 0 spiro atoms. The molecular weight excluding hydrogens is 322 g/mol. The Morgan fingerprint density at radius 2 is 2.07 bits per heavy atom. The monoisotopic (exact) mass is 336 g/mol. The molecule has 2 rings (SSSR count). The Bertz CT molecular complexity index is 337. The molecule has 1 heterocycles. The molecule has 0 saturated carbocycles. The van der Waals surface area contributed by atoms with E-state index in [2.05, 4.69) is 51.0 Å². The van der Waals surface area contributed by atoms with Crippen LogP contribution in [0.2, 0.25) is 5.02 Å². The van der Waals surface area contributed by atoms with Gasteiger partial charge in [-0.05, 0) is 40.3 Å². The van der Waals surface area contributed by atoms with Crippen LogP contribution in [0.1, 0.15) is 5.56 Å². The summed E-state index contributed by atoms with van der Waals surface area (Å²) >= 11 is 8.35. The van der Waals surface area contributed by atoms with Crippen molar-refractivity contribution in [3.8, 4) is 0 Å². The molecule has 82 valence electrons. The molecule has 1 fully saturated rings. The van der Waals surface area contributed by atoms with Crippen molar-refractivity contribution >= 4 is 34.2 Å². The van der Waals surface area contributed by atoms with Crippen molar-refractivity contribution in [2.45, 2.75) is 6.54 Å². The molecule has 0 aromatic heterocycles. The van der Waals surface area contributed by atoms with Crippen molar-refractivity contribution in [2.75, 3.05) is 26.2 Å². The Morgan fingerprint density at radius 1 is 1.33 bits per heavy atom. The van der Waals surface area contributed by atoms with Gasteiger partial charge in [-0.1, -0.05) is 17.7 Å². The summed E-state index contributed by atoms with van der Waals surface area (Å²) in [7, 11) is 0. The third-order valence-electron chi connectivity index (χ3n) is 2.60. The van der Waals surface area contributed by atoms with Gasteiger partial charge in [0.05, 0.1) is 5.02 Å². The van der Waals surface area contributed by atoms with E-state index in [0.29, 0.717) is 0 Å². The zero-order valence-corrected chi connectivity index (χ0v) is 11.4. The summed E-state index contributed by atoms with van der Waals surface area (Å²) in [5.74, 6) is 0. The highest BCUT2D eigenvalue weighted by atomic mass is 127. The Labute approximate surface area is 109 Å². The Morgan fingerprint density at radius 3 is 2.73 bits per heavy atom. The minimum Gasteiger partial charge on any atom is -0.314 e. The van der Waals surface area contributed by atoms with E-state index in [1.54, 1.807) is 0 Å². The second-order valence-electron chi connectivity index (χ2n) is 3.77. The minimum atomic E-state index is 0.864. The summed E-state index contributed by atoms with van der Waals surface area (Å²) in [6.45, 7) is 5.46. The van der Waals surface area contributed by atoms with Crippen LogP contribution < -0.4 is 5.32 Å². The summed E-state index contributed by atoms with van der Waals surface area (Å²) < 4.78 is 1.12. The topological polar surface area (TPSA) is 15.3 Å². The fourth-order valence-corrected chi connectivity index (χ4v) is 2.30. The number of nitrogens with zero attached hydrogens (tertiary/aromatic N) is 1. The van der Waals surface area contributed by atoms with Gasteiger partial charge in [0.2, 0.25) is 0 Å². The smallest absolute Gasteiger partial charge is 0.0542 e. The molecule has 1 saturated heterocycles. The van der Waals surface area contributed by atoms with Crippen molar-refractivity contribution < 1.29 is 0 Å². The maximum atomic E-state index is 6.09. The lowest BCUT2D eigenvalue weighted by atomic mass is 10.2. The van der Waals surface area contributed by atoms with Gasteiger partial charge in [0, 0.05) is 36.3 Å². The van der Waals surface area contributed by atoms with Crippen molar-refractivity contribution in [2.24, 2.45) is 0 Å². The zero-order chi connectivity index (χ0) is 10.7. The molecule has 15 heavy (non-hydrogen) atoms. The number of hydrogen-bond donors (Lipinski definition) is 1. The fraction of sp³-hybridized carbons (Fsp3) is 0.455. The molecule has 0 bridgehead atoms. The number of halogens is 2. The quantitative estimate of drug-likeness (QED) is 0.834. The highest BCUT2D eigenvalue weighted by molar-refractivity contribution is 14.1. The van der Waals surface area contributed by atoms with Crippen LogP contribution in [0.5, 0.6) is 0 Å². The van der Waals surface area contributed by atoms with Crippen molar-refractivity contribution in [1.82, 2.24) is 10.2 Å². The lowest BCUT2D eigenvalue weighted by Crippen LogP contribution is -2.42. The standard InChI is InChI=1S/C11H14ClIN2/c12-10-7-9(1-2-11(10)13)8-15-5-3-14-4-6-15/h1-2,7,14H,3-6,8H2. The largest absolute Gasteiger partial charge is 0.314 e. The van der Waals surface area contributed by atoms with Crippen LogP contribution in [0.15, 0.2) is 18.2 Å². The Kier molecular flexibility index (Phi) is 4.25. The predicted octanol–water partition coefficient (Wildman–Crippen LogP) is 2.35. The van der Waals surface area contributed by atoms with Gasteiger partial charge in [0.1, 0.15) is 0 Å². The molecule has 0 amide bonds. The Balaban J connectivity index is 2.00. The van der Waals surface area contributed by atoms with E-state index in [1.807, 2.05) is 0 Å². The molecule has 1 aromatic rings. The normalized spacial score (nSPS) is 18.0. The van der Waals surface area contributed by atoms with Gasteiger partial charge in [-0.25, -0.2) is 0 Å². The van der Waals surface area contributed by atoms with Gasteiger partial charge in [0.15, 0.2) is 0 Å². The molecule has 1 aromatic carbocycles. The third-order valence-corrected chi connectivity index (χ3v) is 4.17. The van der Waals surface area contributed by atoms with Crippen molar-refractivity contribution in [3.63, 3.8) is 0 Å². The predicted molar refractivity (Wildman–Crippen MR) is 72.3 cm³/mol. The first kappa shape index (κ1) is 11.6. The molecule has 1 aliphatic heterocycles. The van der Waals surface area contributed by atoms with Crippen molar-refractivity contribution in [3.05, 3.63) is 32.4 Å². The van der Waals surface area contributed by atoms with Crippen LogP contribution in [0.25, 0.3) is 0 Å². The molecule has 2 nitrogen and oxygen atoms in total. The van der Waals surface area contributed by atoms with Gasteiger partial charge < -0.3 is 5.32 Å². The lowest BCUT2D eigenvalue weighted by molar-refractivity contribution is 0.233. The molecule has 0 radical (unpaired) electrons. The van der Waals surface area contributed by atoms with E-state index >= 15 is 0 Å². The number of nitrogens with one attached hydrogen (secondary N) is 1. The first-order chi connectivity index (χ1) is 7.25. The molecule has 1 aliphatic rings. The van der Waals surface area contributed by atoms with Crippen molar-refractivity contribution in [1.29, 1.82) is 0 Å². The van der Waals surface area contributed by atoms with E-state index in [4.69, 9.17) is 11.6 Å². The average molecular weight is 337 g/mol. The SMILES string of the molecule is Clc1cc(CN2CCNCC2)ccc1I. The van der Waals surface area contributed by atoms with E-state index in [1.165, 1.54) is 5.56 Å². The summed E-state index contributed by atoms with van der Waals surface area (Å²) in [4.78, 5) is 2.45. The number of hydrogen-bond acceptors (Lipinski definition) is 2. The number of rotatable bonds is 2. The zero-order valence-electron chi connectivity index (χ0n) is 8.47. The molecule has 4 heteroatoms. The van der Waals surface area contributed by atoms with E-state index in [0.717, 1.165) is 41.3 Å². The van der Waals surface area contributed by atoms with Gasteiger partial charge in [-0.2, -0.15) is 0 Å². The molecular formula is C11H14ClIN2. The highest BCUT2D eigenvalue weighted by Gasteiger charge is 2.10. The lowest BCUT2D eigenvalue weighted by Gasteiger charge is -2.27. The van der Waals surface area contributed by atoms with Gasteiger partial charge in [-0.3, -0.25) is 4.90 Å². The van der Waals surface area contributed by atoms with Crippen LogP contribution in [0.4, 0.5) is 0 Å². The molecule has 0 aliphatic carbocycles. The molecule has 0 unspecified atom stereocenters. The Hall–Kier alpha value is 0.160. The summed E-state index contributed by atoms with van der Waals surface area (Å²) in [5, 5.41) is 4.22. The summed E-state index contributed by atoms with van der Waals surface area (Å²) in [6, 6.07) is 6.32. The fourth-order valence-electron chi connectivity index (χ4n) is 1.77. The van der Waals surface area contributed by atoms with Crippen LogP contribution in [-0.4, -0.2) is 31.1 Å². The van der Waals surface area contributed by atoms with E-state index in [9.17, 15) is 0 Å². The first-order valence-corrected chi connectivity index (χ1v) is 6.58.